The predicted molar refractivity (Wildman–Crippen MR) is 129 cm³/mol. The molecule has 5 nitrogen and oxygen atoms in total. The molecule has 0 fully saturated rings. The third-order valence-electron chi connectivity index (χ3n) is 5.89. The lowest BCUT2D eigenvalue weighted by Gasteiger charge is -2.55. The second-order valence-electron chi connectivity index (χ2n) is 7.68. The minimum atomic E-state index is -0.760. The lowest BCUT2D eigenvalue weighted by Crippen LogP contribution is -2.69. The summed E-state index contributed by atoms with van der Waals surface area (Å²) in [5.41, 5.74) is 4.37. The van der Waals surface area contributed by atoms with Crippen LogP contribution in [-0.2, 0) is 11.3 Å². The van der Waals surface area contributed by atoms with E-state index < -0.39 is 11.3 Å². The largest absolute Gasteiger partial charge is 0.358 e. The van der Waals surface area contributed by atoms with Gasteiger partial charge in [0.25, 0.3) is 0 Å². The Morgan fingerprint density at radius 2 is 1.10 bits per heavy atom. The molecule has 4 aromatic rings. The van der Waals surface area contributed by atoms with E-state index in [0.29, 0.717) is 0 Å². The van der Waals surface area contributed by atoms with Crippen LogP contribution in [0.15, 0.2) is 94.1 Å². The first kappa shape index (κ1) is 19.0. The van der Waals surface area contributed by atoms with Crippen molar-refractivity contribution in [1.82, 2.24) is 15.3 Å². The van der Waals surface area contributed by atoms with Gasteiger partial charge in [-0.2, -0.15) is 0 Å². The number of hydrogen-bond acceptors (Lipinski definition) is 5. The standard InChI is InChI=1S/C24H17Br2N5/c25-15-7-9-19-17(13-15)23(21-5-1-3-11-27-21)29-20-10-8-16(26)14-18(20)24(30-19,31-23)22-6-2-4-12-28-22/h1-14,29-31H/t23-,24-/m1/s1. The highest BCUT2D eigenvalue weighted by atomic mass is 79.9. The molecular weight excluding hydrogens is 518 g/mol. The first-order chi connectivity index (χ1) is 15.1. The van der Waals surface area contributed by atoms with Gasteiger partial charge in [-0.25, -0.2) is 0 Å². The summed E-state index contributed by atoms with van der Waals surface area (Å²) < 4.78 is 2.00. The number of rotatable bonds is 2. The maximum Gasteiger partial charge on any atom is 0.163 e. The molecule has 0 unspecified atom stereocenters. The SMILES string of the molecule is Brc1ccc2c(c1)[C@@]1(c3ccccn3)Nc3ccc(Br)cc3[C@@](c3ccccn3)(N2)N1. The summed E-state index contributed by atoms with van der Waals surface area (Å²) in [6.45, 7) is 0. The second kappa shape index (κ2) is 6.88. The number of nitrogens with zero attached hydrogens (tertiary/aromatic N) is 2. The molecule has 0 amide bonds. The zero-order chi connectivity index (χ0) is 21.1. The van der Waals surface area contributed by atoms with E-state index in [2.05, 4.69) is 72.1 Å². The maximum atomic E-state index is 4.76. The summed E-state index contributed by atoms with van der Waals surface area (Å²) in [5.74, 6) is 0. The number of benzene rings is 2. The molecule has 2 aromatic carbocycles. The van der Waals surface area contributed by atoms with E-state index in [1.165, 1.54) is 0 Å². The first-order valence-corrected chi connectivity index (χ1v) is 11.5. The van der Waals surface area contributed by atoms with E-state index in [-0.39, 0.29) is 0 Å². The second-order valence-corrected chi connectivity index (χ2v) is 9.52. The molecule has 2 aliphatic rings. The summed E-state index contributed by atoms with van der Waals surface area (Å²) in [5, 5.41) is 11.5. The fourth-order valence-corrected chi connectivity index (χ4v) is 5.31. The van der Waals surface area contributed by atoms with Gasteiger partial charge in [0.15, 0.2) is 11.3 Å². The molecule has 4 heterocycles. The van der Waals surface area contributed by atoms with Gasteiger partial charge in [-0.05, 0) is 60.7 Å². The van der Waals surface area contributed by atoms with Crippen LogP contribution in [0.1, 0.15) is 22.5 Å². The lowest BCUT2D eigenvalue weighted by molar-refractivity contribution is 0.287. The summed E-state index contributed by atoms with van der Waals surface area (Å²) >= 11 is 7.31. The highest BCUT2D eigenvalue weighted by Gasteiger charge is 2.55. The van der Waals surface area contributed by atoms with Crippen molar-refractivity contribution in [2.24, 2.45) is 0 Å². The minimum Gasteiger partial charge on any atom is -0.358 e. The van der Waals surface area contributed by atoms with E-state index in [0.717, 1.165) is 42.8 Å². The van der Waals surface area contributed by atoms with Crippen LogP contribution in [0.5, 0.6) is 0 Å². The quantitative estimate of drug-likeness (QED) is 0.315. The molecule has 0 aliphatic carbocycles. The number of aromatic nitrogens is 2. The van der Waals surface area contributed by atoms with Crippen molar-refractivity contribution < 1.29 is 0 Å². The molecule has 2 bridgehead atoms. The van der Waals surface area contributed by atoms with Crippen LogP contribution >= 0.6 is 31.9 Å². The van der Waals surface area contributed by atoms with Gasteiger partial charge in [-0.15, -0.1) is 0 Å². The minimum absolute atomic E-state index is 0.760. The van der Waals surface area contributed by atoms with Crippen LogP contribution in [0, 0.1) is 0 Å². The zero-order valence-electron chi connectivity index (χ0n) is 16.2. The highest BCUT2D eigenvalue weighted by molar-refractivity contribution is 9.10. The lowest BCUT2D eigenvalue weighted by atomic mass is 9.79. The van der Waals surface area contributed by atoms with Crippen molar-refractivity contribution >= 4 is 43.2 Å². The van der Waals surface area contributed by atoms with Crippen molar-refractivity contribution in [3.8, 4) is 0 Å². The Bertz CT molecular complexity index is 1200. The van der Waals surface area contributed by atoms with Gasteiger partial charge in [0.05, 0.1) is 11.4 Å². The van der Waals surface area contributed by atoms with Crippen LogP contribution in [0.4, 0.5) is 11.4 Å². The van der Waals surface area contributed by atoms with E-state index in [9.17, 15) is 0 Å². The van der Waals surface area contributed by atoms with Crippen molar-refractivity contribution in [1.29, 1.82) is 0 Å². The summed E-state index contributed by atoms with van der Waals surface area (Å²) in [6.07, 6.45) is 3.65. The average Bonchev–Trinajstić information content (AvgIpc) is 2.81. The Balaban J connectivity index is 1.73. The molecule has 0 saturated carbocycles. The fraction of sp³-hybridized carbons (Fsp3) is 0.0833. The summed E-state index contributed by atoms with van der Waals surface area (Å²) in [7, 11) is 0. The first-order valence-electron chi connectivity index (χ1n) is 9.89. The fourth-order valence-electron chi connectivity index (χ4n) is 4.59. The molecule has 0 radical (unpaired) electrons. The van der Waals surface area contributed by atoms with Crippen LogP contribution < -0.4 is 16.0 Å². The Labute approximate surface area is 196 Å². The maximum absolute atomic E-state index is 4.76. The van der Waals surface area contributed by atoms with Gasteiger partial charge >= 0.3 is 0 Å². The summed E-state index contributed by atoms with van der Waals surface area (Å²) in [6, 6.07) is 24.5. The number of nitrogens with one attached hydrogen (secondary N) is 3. The third kappa shape index (κ3) is 2.77. The van der Waals surface area contributed by atoms with Gasteiger partial charge in [0.2, 0.25) is 0 Å². The number of halogens is 2. The van der Waals surface area contributed by atoms with E-state index >= 15 is 0 Å². The van der Waals surface area contributed by atoms with Crippen LogP contribution in [-0.4, -0.2) is 9.97 Å². The van der Waals surface area contributed by atoms with E-state index in [1.54, 1.807) is 0 Å². The zero-order valence-corrected chi connectivity index (χ0v) is 19.4. The van der Waals surface area contributed by atoms with Crippen LogP contribution in [0.2, 0.25) is 0 Å². The number of fused-ring (bicyclic) bond motifs is 6. The predicted octanol–water partition coefficient (Wildman–Crippen LogP) is 5.54. The van der Waals surface area contributed by atoms with Crippen molar-refractivity contribution in [2.75, 3.05) is 10.6 Å². The molecule has 2 aliphatic heterocycles. The number of pyridine rings is 2. The molecule has 2 atom stereocenters. The number of anilines is 2. The van der Waals surface area contributed by atoms with Crippen molar-refractivity contribution in [3.63, 3.8) is 0 Å². The van der Waals surface area contributed by atoms with Crippen molar-refractivity contribution in [2.45, 2.75) is 11.3 Å². The Morgan fingerprint density at radius 1 is 0.613 bits per heavy atom. The topological polar surface area (TPSA) is 61.9 Å². The number of hydrogen-bond donors (Lipinski definition) is 3. The van der Waals surface area contributed by atoms with Gasteiger partial charge < -0.3 is 10.6 Å². The highest BCUT2D eigenvalue weighted by Crippen LogP contribution is 2.51. The Kier molecular flexibility index (Phi) is 4.21. The van der Waals surface area contributed by atoms with Gasteiger partial charge in [0.1, 0.15) is 0 Å². The normalized spacial score (nSPS) is 23.2. The average molecular weight is 535 g/mol. The van der Waals surface area contributed by atoms with E-state index in [4.69, 9.17) is 9.97 Å². The monoisotopic (exact) mass is 533 g/mol. The molecular formula is C24H17Br2N5. The van der Waals surface area contributed by atoms with Crippen LogP contribution in [0.25, 0.3) is 0 Å². The van der Waals surface area contributed by atoms with Crippen molar-refractivity contribution in [3.05, 3.63) is 117 Å². The molecule has 0 spiro atoms. The Hall–Kier alpha value is -2.74. The van der Waals surface area contributed by atoms with Gasteiger partial charge in [-0.3, -0.25) is 15.3 Å². The molecule has 2 aromatic heterocycles. The third-order valence-corrected chi connectivity index (χ3v) is 6.88. The van der Waals surface area contributed by atoms with Crippen LogP contribution in [0.3, 0.4) is 0 Å². The molecule has 31 heavy (non-hydrogen) atoms. The van der Waals surface area contributed by atoms with Gasteiger partial charge in [0, 0.05) is 43.8 Å². The van der Waals surface area contributed by atoms with E-state index in [1.807, 2.05) is 60.9 Å². The molecule has 6 rings (SSSR count). The molecule has 152 valence electrons. The summed E-state index contributed by atoms with van der Waals surface area (Å²) in [4.78, 5) is 9.52. The molecule has 0 saturated heterocycles. The Morgan fingerprint density at radius 3 is 1.52 bits per heavy atom. The molecule has 7 heteroatoms. The molecule has 3 N–H and O–H groups in total. The van der Waals surface area contributed by atoms with Gasteiger partial charge in [-0.1, -0.05) is 44.0 Å². The smallest absolute Gasteiger partial charge is 0.163 e.